The van der Waals surface area contributed by atoms with E-state index >= 15 is 4.79 Å². The highest BCUT2D eigenvalue weighted by molar-refractivity contribution is 7.54. The monoisotopic (exact) mass is 635 g/mol. The van der Waals surface area contributed by atoms with Crippen LogP contribution in [0.2, 0.25) is 0 Å². The zero-order valence-electron chi connectivity index (χ0n) is 24.1. The molecule has 1 aromatic heterocycles. The molecule has 0 radical (unpaired) electrons. The minimum absolute atomic E-state index is 0.130. The molecule has 1 saturated heterocycles. The first-order valence-electron chi connectivity index (χ1n) is 14.7. The van der Waals surface area contributed by atoms with Crippen LogP contribution < -0.4 is 10.2 Å². The van der Waals surface area contributed by atoms with E-state index in [1.807, 2.05) is 66.7 Å². The number of para-hydroxylation sites is 1. The molecule has 0 aliphatic carbocycles. The summed E-state index contributed by atoms with van der Waals surface area (Å²) >= 11 is 1.47. The summed E-state index contributed by atoms with van der Waals surface area (Å²) in [5.74, 6) is -2.41. The maximum absolute atomic E-state index is 15.2. The molecule has 7 rings (SSSR count). The van der Waals surface area contributed by atoms with Gasteiger partial charge in [0.25, 0.3) is 5.91 Å². The van der Waals surface area contributed by atoms with Gasteiger partial charge in [-0.05, 0) is 64.3 Å². The Morgan fingerprint density at radius 2 is 1.62 bits per heavy atom. The summed E-state index contributed by atoms with van der Waals surface area (Å²) in [5.41, 5.74) is 1.21. The molecule has 0 spiro atoms. The van der Waals surface area contributed by atoms with Crippen LogP contribution in [0.3, 0.4) is 0 Å². The highest BCUT2D eigenvalue weighted by atomic mass is 32.1. The third-order valence-corrected chi connectivity index (χ3v) is 11.8. The molecule has 6 aromatic rings. The van der Waals surface area contributed by atoms with E-state index in [1.165, 1.54) is 11.3 Å². The van der Waals surface area contributed by atoms with Crippen molar-refractivity contribution in [1.82, 2.24) is 10.3 Å². The SMILES string of the molecule is O=CN(C(=O)C(c1cccc2ccccc12)(C1CNCCC1c1nc2ccccc2s1)P(=O)(O)O)c1ccc2ccccc2c1. The van der Waals surface area contributed by atoms with Crippen molar-refractivity contribution in [3.8, 4) is 0 Å². The van der Waals surface area contributed by atoms with Gasteiger partial charge in [-0.1, -0.05) is 84.9 Å². The molecule has 10 heteroatoms. The van der Waals surface area contributed by atoms with Crippen LogP contribution in [0.25, 0.3) is 31.8 Å². The lowest BCUT2D eigenvalue weighted by Crippen LogP contribution is -2.56. The molecule has 2 heterocycles. The number of rotatable bonds is 7. The van der Waals surface area contributed by atoms with Crippen LogP contribution >= 0.6 is 18.9 Å². The molecule has 1 aliphatic rings. The molecule has 5 aromatic carbocycles. The van der Waals surface area contributed by atoms with Gasteiger partial charge < -0.3 is 15.1 Å². The second-order valence-electron chi connectivity index (χ2n) is 11.4. The molecule has 45 heavy (non-hydrogen) atoms. The van der Waals surface area contributed by atoms with Gasteiger partial charge in [0.05, 0.1) is 20.9 Å². The van der Waals surface area contributed by atoms with E-state index in [2.05, 4.69) is 5.32 Å². The van der Waals surface area contributed by atoms with Crippen molar-refractivity contribution >= 4 is 68.7 Å². The standard InChI is InChI=1S/C35H30N3O5PS/c39-22-38(26-17-16-23-8-1-2-10-25(23)20-26)34(40)35(44(41,42)43,29-13-7-11-24-9-3-4-12-27(24)29)30-21-36-19-18-28(30)33-37-31-14-5-6-15-32(31)45-33/h1-17,20,22,28,30,36H,18-19,21H2,(H2,41,42,43). The number of nitrogens with one attached hydrogen (secondary N) is 1. The molecular formula is C35H30N3O5PS. The van der Waals surface area contributed by atoms with Crippen LogP contribution in [-0.4, -0.2) is 40.2 Å². The van der Waals surface area contributed by atoms with Crippen LogP contribution in [0.15, 0.2) is 109 Å². The number of hydrogen-bond acceptors (Lipinski definition) is 6. The van der Waals surface area contributed by atoms with Gasteiger partial charge >= 0.3 is 7.60 Å². The number of aromatic nitrogens is 1. The Hall–Kier alpha value is -4.24. The number of benzene rings is 5. The summed E-state index contributed by atoms with van der Waals surface area (Å²) < 4.78 is 15.3. The zero-order chi connectivity index (χ0) is 31.2. The minimum Gasteiger partial charge on any atom is -0.323 e. The maximum Gasteiger partial charge on any atom is 0.345 e. The van der Waals surface area contributed by atoms with Gasteiger partial charge in [-0.15, -0.1) is 11.3 Å². The number of imide groups is 1. The smallest absolute Gasteiger partial charge is 0.323 e. The fourth-order valence-electron chi connectivity index (χ4n) is 6.91. The van der Waals surface area contributed by atoms with Gasteiger partial charge in [0.2, 0.25) is 6.41 Å². The highest BCUT2D eigenvalue weighted by Crippen LogP contribution is 2.66. The number of carbonyl (C=O) groups is 2. The summed E-state index contributed by atoms with van der Waals surface area (Å²) in [6.45, 7) is 0.714. The van der Waals surface area contributed by atoms with Crippen molar-refractivity contribution in [3.05, 3.63) is 120 Å². The lowest BCUT2D eigenvalue weighted by molar-refractivity contribution is -0.126. The van der Waals surface area contributed by atoms with E-state index in [-0.39, 0.29) is 17.8 Å². The average molecular weight is 636 g/mol. The maximum atomic E-state index is 15.2. The number of anilines is 1. The Morgan fingerprint density at radius 1 is 0.911 bits per heavy atom. The first-order valence-corrected chi connectivity index (χ1v) is 17.1. The van der Waals surface area contributed by atoms with Crippen molar-refractivity contribution in [3.63, 3.8) is 0 Å². The molecule has 2 amide bonds. The normalized spacial score (nSPS) is 18.5. The van der Waals surface area contributed by atoms with Gasteiger partial charge in [-0.2, -0.15) is 0 Å². The van der Waals surface area contributed by atoms with Crippen LogP contribution in [-0.2, 0) is 19.3 Å². The molecule has 8 nitrogen and oxygen atoms in total. The Balaban J connectivity index is 1.51. The lowest BCUT2D eigenvalue weighted by Gasteiger charge is -2.46. The average Bonchev–Trinajstić information content (AvgIpc) is 3.49. The predicted octanol–water partition coefficient (Wildman–Crippen LogP) is 6.56. The summed E-state index contributed by atoms with van der Waals surface area (Å²) in [6, 6.07) is 32.7. The van der Waals surface area contributed by atoms with Crippen LogP contribution in [0, 0.1) is 5.92 Å². The summed E-state index contributed by atoms with van der Waals surface area (Å²) in [6.07, 6.45) is 0.867. The molecule has 226 valence electrons. The number of fused-ring (bicyclic) bond motifs is 3. The number of amides is 2. The lowest BCUT2D eigenvalue weighted by atomic mass is 9.72. The third-order valence-electron chi connectivity index (χ3n) is 8.97. The summed E-state index contributed by atoms with van der Waals surface area (Å²) in [4.78, 5) is 57.2. The van der Waals surface area contributed by atoms with Crippen LogP contribution in [0.4, 0.5) is 5.69 Å². The first-order chi connectivity index (χ1) is 21.8. The third kappa shape index (κ3) is 4.88. The van der Waals surface area contributed by atoms with E-state index < -0.39 is 30.5 Å². The number of piperidine rings is 1. The van der Waals surface area contributed by atoms with Crippen LogP contribution in [0.5, 0.6) is 0 Å². The summed E-state index contributed by atoms with van der Waals surface area (Å²) in [7, 11) is -5.40. The summed E-state index contributed by atoms with van der Waals surface area (Å²) in [5, 5.41) is 4.54. The molecule has 1 aliphatic heterocycles. The Kier molecular flexibility index (Phi) is 7.60. The van der Waals surface area contributed by atoms with Gasteiger partial charge in [0, 0.05) is 18.4 Å². The largest absolute Gasteiger partial charge is 0.345 e. The highest BCUT2D eigenvalue weighted by Gasteiger charge is 2.64. The second-order valence-corrected chi connectivity index (χ2v) is 14.2. The number of thiazole rings is 1. The predicted molar refractivity (Wildman–Crippen MR) is 179 cm³/mol. The molecule has 0 saturated carbocycles. The quantitative estimate of drug-likeness (QED) is 0.134. The number of nitrogens with zero attached hydrogens (tertiary/aromatic N) is 2. The molecule has 1 fully saturated rings. The van der Waals surface area contributed by atoms with Gasteiger partial charge in [0.1, 0.15) is 0 Å². The Bertz CT molecular complexity index is 2090. The fraction of sp³-hybridized carbons (Fsp3) is 0.171. The zero-order valence-corrected chi connectivity index (χ0v) is 25.8. The van der Waals surface area contributed by atoms with Gasteiger partial charge in [-0.25, -0.2) is 4.98 Å². The second kappa shape index (κ2) is 11.6. The molecule has 3 unspecified atom stereocenters. The Morgan fingerprint density at radius 3 is 2.40 bits per heavy atom. The number of carbonyl (C=O) groups excluding carboxylic acids is 2. The van der Waals surface area contributed by atoms with E-state index in [0.717, 1.165) is 31.3 Å². The van der Waals surface area contributed by atoms with Gasteiger partial charge in [-0.3, -0.25) is 19.1 Å². The Labute approximate surface area is 263 Å². The van der Waals surface area contributed by atoms with Crippen LogP contribution in [0.1, 0.15) is 22.9 Å². The first kappa shape index (κ1) is 29.5. The van der Waals surface area contributed by atoms with E-state index in [4.69, 9.17) is 4.98 Å². The van der Waals surface area contributed by atoms with E-state index in [1.54, 1.807) is 42.5 Å². The van der Waals surface area contributed by atoms with Crippen molar-refractivity contribution in [2.45, 2.75) is 17.5 Å². The van der Waals surface area contributed by atoms with Gasteiger partial charge in [0.15, 0.2) is 5.16 Å². The van der Waals surface area contributed by atoms with Crippen molar-refractivity contribution in [2.24, 2.45) is 5.92 Å². The number of hydrogen-bond donors (Lipinski definition) is 3. The minimum atomic E-state index is -5.40. The molecule has 0 bridgehead atoms. The topological polar surface area (TPSA) is 120 Å². The molecular weight excluding hydrogens is 605 g/mol. The molecule has 3 atom stereocenters. The fourth-order valence-corrected chi connectivity index (χ4v) is 9.64. The van der Waals surface area contributed by atoms with Crippen molar-refractivity contribution in [1.29, 1.82) is 0 Å². The van der Waals surface area contributed by atoms with E-state index in [0.29, 0.717) is 29.8 Å². The van der Waals surface area contributed by atoms with E-state index in [9.17, 15) is 19.1 Å². The van der Waals surface area contributed by atoms with Crippen molar-refractivity contribution in [2.75, 3.05) is 18.0 Å². The molecule has 3 N–H and O–H groups in total. The van der Waals surface area contributed by atoms with Crippen molar-refractivity contribution < 1.29 is 23.9 Å².